The highest BCUT2D eigenvalue weighted by Crippen LogP contribution is 2.27. The number of esters is 1. The predicted molar refractivity (Wildman–Crippen MR) is 48.4 cm³/mol. The molecule has 16 heavy (non-hydrogen) atoms. The zero-order valence-corrected chi connectivity index (χ0v) is 8.34. The molecule has 2 N–H and O–H groups in total. The molecule has 0 spiro atoms. The van der Waals surface area contributed by atoms with E-state index in [1.165, 1.54) is 0 Å². The van der Waals surface area contributed by atoms with E-state index in [0.717, 1.165) is 13.3 Å². The summed E-state index contributed by atoms with van der Waals surface area (Å²) in [7, 11) is 1.08. The van der Waals surface area contributed by atoms with Gasteiger partial charge >= 0.3 is 5.97 Å². The number of alkyl halides is 2. The molecule has 7 heteroatoms. The van der Waals surface area contributed by atoms with E-state index in [1.807, 2.05) is 0 Å². The topological polar surface area (TPSA) is 65.2 Å². The Balaban J connectivity index is 3.42. The minimum Gasteiger partial charge on any atom is -0.465 e. The first-order chi connectivity index (χ1) is 7.52. The van der Waals surface area contributed by atoms with Crippen molar-refractivity contribution in [1.29, 1.82) is 0 Å². The van der Waals surface area contributed by atoms with Crippen molar-refractivity contribution in [1.82, 2.24) is 4.98 Å². The second kappa shape index (κ2) is 4.93. The number of carbonyl (C=O) groups is 1. The molecule has 0 saturated heterocycles. The van der Waals surface area contributed by atoms with E-state index < -0.39 is 30.5 Å². The van der Waals surface area contributed by atoms with Crippen LogP contribution in [0.5, 0.6) is 0 Å². The van der Waals surface area contributed by atoms with Gasteiger partial charge in [-0.25, -0.2) is 18.6 Å². The molecule has 0 aromatic carbocycles. The zero-order chi connectivity index (χ0) is 12.3. The van der Waals surface area contributed by atoms with Gasteiger partial charge in [-0.15, -0.1) is 0 Å². The minimum absolute atomic E-state index is 0.248. The van der Waals surface area contributed by atoms with Gasteiger partial charge in [-0.3, -0.25) is 0 Å². The number of halogens is 3. The molecule has 0 amide bonds. The summed E-state index contributed by atoms with van der Waals surface area (Å²) >= 11 is 0. The lowest BCUT2D eigenvalue weighted by Crippen LogP contribution is -2.15. The first-order valence-corrected chi connectivity index (χ1v) is 4.26. The van der Waals surface area contributed by atoms with Gasteiger partial charge in [-0.2, -0.15) is 4.39 Å². The van der Waals surface area contributed by atoms with Gasteiger partial charge in [0.25, 0.3) is 6.43 Å². The van der Waals surface area contributed by atoms with Crippen LogP contribution >= 0.6 is 0 Å². The molecule has 1 rings (SSSR count). The summed E-state index contributed by atoms with van der Waals surface area (Å²) in [6.07, 6.45) is -2.26. The zero-order valence-electron chi connectivity index (χ0n) is 8.34. The third-order valence-electron chi connectivity index (χ3n) is 2.01. The van der Waals surface area contributed by atoms with E-state index in [2.05, 4.69) is 9.72 Å². The SMILES string of the molecule is COC(=O)c1cnc(F)c(C(F)F)c1CN. The summed E-state index contributed by atoms with van der Waals surface area (Å²) in [4.78, 5) is 14.3. The number of carbonyl (C=O) groups excluding carboxylic acids is 1. The third kappa shape index (κ3) is 2.13. The average Bonchev–Trinajstić information content (AvgIpc) is 2.26. The molecule has 4 nitrogen and oxygen atoms in total. The fraction of sp³-hybridized carbons (Fsp3) is 0.333. The van der Waals surface area contributed by atoms with Gasteiger partial charge in [0.2, 0.25) is 5.95 Å². The number of hydrogen-bond acceptors (Lipinski definition) is 4. The minimum atomic E-state index is -3.09. The lowest BCUT2D eigenvalue weighted by molar-refractivity contribution is 0.0598. The molecular weight excluding hydrogens is 225 g/mol. The Morgan fingerprint density at radius 3 is 2.69 bits per heavy atom. The molecule has 0 radical (unpaired) electrons. The Morgan fingerprint density at radius 2 is 2.25 bits per heavy atom. The number of nitrogens with zero attached hydrogens (tertiary/aromatic N) is 1. The van der Waals surface area contributed by atoms with Crippen LogP contribution in [-0.2, 0) is 11.3 Å². The van der Waals surface area contributed by atoms with E-state index in [1.54, 1.807) is 0 Å². The highest BCUT2D eigenvalue weighted by Gasteiger charge is 2.24. The van der Waals surface area contributed by atoms with Crippen LogP contribution in [0, 0.1) is 5.95 Å². The number of nitrogens with two attached hydrogens (primary N) is 1. The van der Waals surface area contributed by atoms with Gasteiger partial charge in [0.05, 0.1) is 18.2 Å². The smallest absolute Gasteiger partial charge is 0.339 e. The van der Waals surface area contributed by atoms with Crippen LogP contribution in [-0.4, -0.2) is 18.1 Å². The van der Waals surface area contributed by atoms with Gasteiger partial charge in [0.15, 0.2) is 0 Å². The van der Waals surface area contributed by atoms with Crippen LogP contribution in [0.4, 0.5) is 13.2 Å². The summed E-state index contributed by atoms with van der Waals surface area (Å²) in [6, 6.07) is 0. The molecule has 1 aromatic rings. The van der Waals surface area contributed by atoms with Gasteiger partial charge in [0, 0.05) is 12.7 Å². The van der Waals surface area contributed by atoms with Crippen LogP contribution in [0.3, 0.4) is 0 Å². The van der Waals surface area contributed by atoms with Crippen molar-refractivity contribution in [3.8, 4) is 0 Å². The first kappa shape index (κ1) is 12.4. The molecule has 0 aliphatic heterocycles. The standard InChI is InChI=1S/C9H9F3N2O2/c1-16-9(15)5-3-14-8(12)6(7(10)11)4(5)2-13/h3,7H,2,13H2,1H3. The second-order valence-corrected chi connectivity index (χ2v) is 2.85. The fourth-order valence-electron chi connectivity index (χ4n) is 1.27. The maximum Gasteiger partial charge on any atom is 0.339 e. The van der Waals surface area contributed by atoms with Crippen LogP contribution in [0.1, 0.15) is 27.9 Å². The Hall–Kier alpha value is -1.63. The van der Waals surface area contributed by atoms with Crippen LogP contribution in [0.2, 0.25) is 0 Å². The van der Waals surface area contributed by atoms with Crippen LogP contribution in [0.15, 0.2) is 6.20 Å². The van der Waals surface area contributed by atoms with Gasteiger partial charge in [-0.05, 0) is 5.56 Å². The maximum absolute atomic E-state index is 13.0. The van der Waals surface area contributed by atoms with Crippen molar-refractivity contribution in [3.63, 3.8) is 0 Å². The molecule has 0 bridgehead atoms. The molecule has 1 heterocycles. The Morgan fingerprint density at radius 1 is 1.62 bits per heavy atom. The third-order valence-corrected chi connectivity index (χ3v) is 2.01. The average molecular weight is 234 g/mol. The number of methoxy groups -OCH3 is 1. The van der Waals surface area contributed by atoms with Crippen LogP contribution in [0.25, 0.3) is 0 Å². The number of hydrogen-bond donors (Lipinski definition) is 1. The molecule has 88 valence electrons. The van der Waals surface area contributed by atoms with Gasteiger partial charge in [0.1, 0.15) is 0 Å². The van der Waals surface area contributed by atoms with E-state index in [4.69, 9.17) is 5.73 Å². The Bertz CT molecular complexity index is 410. The molecule has 1 aromatic heterocycles. The fourth-order valence-corrected chi connectivity index (χ4v) is 1.27. The van der Waals surface area contributed by atoms with Crippen molar-refractivity contribution < 1.29 is 22.7 Å². The van der Waals surface area contributed by atoms with Gasteiger partial charge < -0.3 is 10.5 Å². The quantitative estimate of drug-likeness (QED) is 0.634. The van der Waals surface area contributed by atoms with E-state index in [9.17, 15) is 18.0 Å². The highest BCUT2D eigenvalue weighted by molar-refractivity contribution is 5.91. The number of ether oxygens (including phenoxy) is 1. The van der Waals surface area contributed by atoms with Crippen molar-refractivity contribution in [3.05, 3.63) is 28.8 Å². The van der Waals surface area contributed by atoms with E-state index in [-0.39, 0.29) is 11.1 Å². The Kier molecular flexibility index (Phi) is 3.83. The summed E-state index contributed by atoms with van der Waals surface area (Å²) in [6.45, 7) is -0.399. The lowest BCUT2D eigenvalue weighted by atomic mass is 10.0. The summed E-state index contributed by atoms with van der Waals surface area (Å²) in [5, 5.41) is 0. The van der Waals surface area contributed by atoms with Crippen molar-refractivity contribution >= 4 is 5.97 Å². The molecule has 0 saturated carbocycles. The molecule has 0 fully saturated rings. The first-order valence-electron chi connectivity index (χ1n) is 4.26. The monoisotopic (exact) mass is 234 g/mol. The number of aromatic nitrogens is 1. The molecule has 0 aliphatic carbocycles. The molecule has 0 aliphatic rings. The Labute approximate surface area is 89.2 Å². The van der Waals surface area contributed by atoms with Crippen LogP contribution < -0.4 is 5.73 Å². The second-order valence-electron chi connectivity index (χ2n) is 2.85. The maximum atomic E-state index is 13.0. The summed E-state index contributed by atoms with van der Waals surface area (Å²) < 4.78 is 42.5. The van der Waals surface area contributed by atoms with Crippen molar-refractivity contribution in [2.45, 2.75) is 13.0 Å². The van der Waals surface area contributed by atoms with Crippen molar-refractivity contribution in [2.75, 3.05) is 7.11 Å². The highest BCUT2D eigenvalue weighted by atomic mass is 19.3. The normalized spacial score (nSPS) is 10.6. The van der Waals surface area contributed by atoms with E-state index >= 15 is 0 Å². The van der Waals surface area contributed by atoms with E-state index in [0.29, 0.717) is 0 Å². The largest absolute Gasteiger partial charge is 0.465 e. The van der Waals surface area contributed by atoms with Gasteiger partial charge in [-0.1, -0.05) is 0 Å². The number of pyridine rings is 1. The van der Waals surface area contributed by atoms with Crippen molar-refractivity contribution in [2.24, 2.45) is 5.73 Å². The molecule has 0 unspecified atom stereocenters. The number of rotatable bonds is 3. The summed E-state index contributed by atoms with van der Waals surface area (Å²) in [5.41, 5.74) is 3.73. The lowest BCUT2D eigenvalue weighted by Gasteiger charge is -2.11. The summed E-state index contributed by atoms with van der Waals surface area (Å²) in [5.74, 6) is -2.21. The molecular formula is C9H9F3N2O2. The molecule has 0 atom stereocenters. The predicted octanol–water partition coefficient (Wildman–Crippen LogP) is 1.40.